The first-order chi connectivity index (χ1) is 10.8. The summed E-state index contributed by atoms with van der Waals surface area (Å²) in [6.45, 7) is 6.08. The molecule has 2 aromatic carbocycles. The molecule has 0 bridgehead atoms. The zero-order valence-corrected chi connectivity index (χ0v) is 13.3. The van der Waals surface area contributed by atoms with Crippen molar-refractivity contribution in [2.45, 2.75) is 13.0 Å². The van der Waals surface area contributed by atoms with Gasteiger partial charge in [-0.25, -0.2) is 0 Å². The number of hydrogen-bond donors (Lipinski definition) is 0. The van der Waals surface area contributed by atoms with Crippen LogP contribution in [0.1, 0.15) is 18.5 Å². The summed E-state index contributed by atoms with van der Waals surface area (Å²) in [6, 6.07) is 15.7. The zero-order chi connectivity index (χ0) is 15.1. The van der Waals surface area contributed by atoms with Gasteiger partial charge in [-0.05, 0) is 43.0 Å². The highest BCUT2D eigenvalue weighted by atomic mass is 32.1. The van der Waals surface area contributed by atoms with Gasteiger partial charge in [-0.1, -0.05) is 42.5 Å². The normalized spacial score (nSPS) is 18.0. The van der Waals surface area contributed by atoms with Gasteiger partial charge in [0.2, 0.25) is 0 Å². The molecule has 0 N–H and O–H groups in total. The lowest BCUT2D eigenvalue weighted by Gasteiger charge is -2.28. The average molecular weight is 303 g/mol. The lowest BCUT2D eigenvalue weighted by molar-refractivity contribution is 0.432. The van der Waals surface area contributed by atoms with E-state index >= 15 is 0 Å². The maximum atomic E-state index is 3.93. The van der Waals surface area contributed by atoms with Crippen molar-refractivity contribution in [3.05, 3.63) is 84.7 Å². The van der Waals surface area contributed by atoms with Gasteiger partial charge in [-0.15, -0.1) is 11.3 Å². The van der Waals surface area contributed by atoms with Crippen molar-refractivity contribution in [1.82, 2.24) is 4.90 Å². The molecule has 22 heavy (non-hydrogen) atoms. The molecule has 108 valence electrons. The Morgan fingerprint density at radius 2 is 1.91 bits per heavy atom. The molecule has 1 aliphatic rings. The molecule has 0 aliphatic carbocycles. The molecule has 0 amide bonds. The molecule has 3 aromatic rings. The van der Waals surface area contributed by atoms with E-state index in [0.29, 0.717) is 0 Å². The second kappa shape index (κ2) is 5.15. The first-order valence-electron chi connectivity index (χ1n) is 7.44. The van der Waals surface area contributed by atoms with Crippen LogP contribution in [0.5, 0.6) is 0 Å². The Labute approximate surface area is 134 Å². The van der Waals surface area contributed by atoms with Crippen LogP contribution in [0.25, 0.3) is 20.2 Å². The van der Waals surface area contributed by atoms with Gasteiger partial charge < -0.3 is 4.90 Å². The molecule has 2 heteroatoms. The van der Waals surface area contributed by atoms with E-state index in [1.54, 1.807) is 0 Å². The molecule has 0 spiro atoms. The van der Waals surface area contributed by atoms with E-state index < -0.39 is 0 Å². The summed E-state index contributed by atoms with van der Waals surface area (Å²) in [5.74, 6) is 0. The third-order valence-electron chi connectivity index (χ3n) is 4.20. The van der Waals surface area contributed by atoms with Crippen LogP contribution in [0.3, 0.4) is 0 Å². The number of rotatable bonds is 2. The zero-order valence-electron chi connectivity index (χ0n) is 12.5. The second-order valence-electron chi connectivity index (χ2n) is 5.65. The molecule has 1 nitrogen and oxygen atoms in total. The minimum atomic E-state index is 0.227. The van der Waals surface area contributed by atoms with Gasteiger partial charge in [0.05, 0.1) is 6.04 Å². The van der Waals surface area contributed by atoms with Gasteiger partial charge in [0.15, 0.2) is 0 Å². The summed E-state index contributed by atoms with van der Waals surface area (Å²) in [5, 5.41) is 2.70. The fourth-order valence-corrected chi connectivity index (χ4v) is 4.14. The quantitative estimate of drug-likeness (QED) is 0.560. The van der Waals surface area contributed by atoms with Crippen LogP contribution in [-0.4, -0.2) is 4.90 Å². The van der Waals surface area contributed by atoms with Crippen LogP contribution in [0, 0.1) is 0 Å². The summed E-state index contributed by atoms with van der Waals surface area (Å²) < 4.78 is 2.70. The minimum Gasteiger partial charge on any atom is -0.344 e. The average Bonchev–Trinajstić information content (AvgIpc) is 2.92. The first-order valence-corrected chi connectivity index (χ1v) is 8.26. The molecule has 1 unspecified atom stereocenters. The molecular weight excluding hydrogens is 286 g/mol. The molecule has 0 saturated carbocycles. The highest BCUT2D eigenvalue weighted by Crippen LogP contribution is 2.37. The SMILES string of the molecule is C=CN1C=CC(C)=CC1c1ccc2sc3ccccc3c2c1. The van der Waals surface area contributed by atoms with Gasteiger partial charge in [0.1, 0.15) is 0 Å². The molecule has 1 atom stereocenters. The lowest BCUT2D eigenvalue weighted by atomic mass is 9.99. The first kappa shape index (κ1) is 13.4. The van der Waals surface area contributed by atoms with Crippen LogP contribution in [-0.2, 0) is 0 Å². The van der Waals surface area contributed by atoms with E-state index in [9.17, 15) is 0 Å². The van der Waals surface area contributed by atoms with Crippen molar-refractivity contribution in [3.8, 4) is 0 Å². The summed E-state index contributed by atoms with van der Waals surface area (Å²) in [7, 11) is 0. The Bertz CT molecular complexity index is 929. The highest BCUT2D eigenvalue weighted by molar-refractivity contribution is 7.25. The third kappa shape index (κ3) is 2.08. The van der Waals surface area contributed by atoms with Crippen LogP contribution >= 0.6 is 11.3 Å². The molecule has 0 radical (unpaired) electrons. The summed E-state index contributed by atoms with van der Waals surface area (Å²) >= 11 is 1.86. The van der Waals surface area contributed by atoms with Crippen LogP contribution < -0.4 is 0 Å². The highest BCUT2D eigenvalue weighted by Gasteiger charge is 2.17. The molecule has 1 aliphatic heterocycles. The molecule has 1 aromatic heterocycles. The van der Waals surface area contributed by atoms with Gasteiger partial charge in [-0.3, -0.25) is 0 Å². The number of allylic oxidation sites excluding steroid dienone is 2. The molecule has 0 saturated heterocycles. The largest absolute Gasteiger partial charge is 0.344 e. The molecule has 0 fully saturated rings. The van der Waals surface area contributed by atoms with Gasteiger partial charge in [0, 0.05) is 26.4 Å². The Kier molecular flexibility index (Phi) is 3.12. The van der Waals surface area contributed by atoms with E-state index in [0.717, 1.165) is 0 Å². The predicted molar refractivity (Wildman–Crippen MR) is 97.0 cm³/mol. The molecular formula is C20H17NS. The van der Waals surface area contributed by atoms with E-state index in [1.807, 2.05) is 17.5 Å². The van der Waals surface area contributed by atoms with Crippen molar-refractivity contribution >= 4 is 31.5 Å². The van der Waals surface area contributed by atoms with Crippen molar-refractivity contribution < 1.29 is 0 Å². The molecule has 2 heterocycles. The maximum absolute atomic E-state index is 3.93. The van der Waals surface area contributed by atoms with Crippen LogP contribution in [0.15, 0.2) is 79.2 Å². The van der Waals surface area contributed by atoms with E-state index in [-0.39, 0.29) is 6.04 Å². The predicted octanol–water partition coefficient (Wildman–Crippen LogP) is 6.01. The monoisotopic (exact) mass is 303 g/mol. The fourth-order valence-electron chi connectivity index (χ4n) is 3.06. The topological polar surface area (TPSA) is 3.24 Å². The van der Waals surface area contributed by atoms with Gasteiger partial charge in [0.25, 0.3) is 0 Å². The van der Waals surface area contributed by atoms with Gasteiger partial charge >= 0.3 is 0 Å². The van der Waals surface area contributed by atoms with Gasteiger partial charge in [-0.2, -0.15) is 0 Å². The van der Waals surface area contributed by atoms with Crippen LogP contribution in [0.2, 0.25) is 0 Å². The summed E-state index contributed by atoms with van der Waals surface area (Å²) in [6.07, 6.45) is 8.40. The van der Waals surface area contributed by atoms with E-state index in [1.165, 1.54) is 31.3 Å². The number of thiophene rings is 1. The number of hydrogen-bond acceptors (Lipinski definition) is 2. The fraction of sp³-hybridized carbons (Fsp3) is 0.100. The summed E-state index contributed by atoms with van der Waals surface area (Å²) in [4.78, 5) is 2.16. The summed E-state index contributed by atoms with van der Waals surface area (Å²) in [5.41, 5.74) is 2.60. The van der Waals surface area contributed by atoms with Crippen molar-refractivity contribution in [2.24, 2.45) is 0 Å². The second-order valence-corrected chi connectivity index (χ2v) is 6.74. The number of fused-ring (bicyclic) bond motifs is 3. The number of nitrogens with zero attached hydrogens (tertiary/aromatic N) is 1. The Hall–Kier alpha value is -2.32. The van der Waals surface area contributed by atoms with E-state index in [4.69, 9.17) is 0 Å². The Morgan fingerprint density at radius 3 is 2.77 bits per heavy atom. The number of benzene rings is 2. The van der Waals surface area contributed by atoms with Crippen molar-refractivity contribution in [1.29, 1.82) is 0 Å². The minimum absolute atomic E-state index is 0.227. The van der Waals surface area contributed by atoms with Crippen LogP contribution in [0.4, 0.5) is 0 Å². The molecule has 4 rings (SSSR count). The van der Waals surface area contributed by atoms with Crippen molar-refractivity contribution in [3.63, 3.8) is 0 Å². The lowest BCUT2D eigenvalue weighted by Crippen LogP contribution is -2.18. The third-order valence-corrected chi connectivity index (χ3v) is 5.36. The maximum Gasteiger partial charge on any atom is 0.0769 e. The van der Waals surface area contributed by atoms with Crippen molar-refractivity contribution in [2.75, 3.05) is 0 Å². The van der Waals surface area contributed by atoms with E-state index in [2.05, 4.69) is 79.2 Å². The standard InChI is InChI=1S/C20H17NS/c1-3-21-11-10-14(2)12-18(21)15-8-9-20-17(13-15)16-6-4-5-7-19(16)22-20/h3-13,18H,1H2,2H3. The smallest absolute Gasteiger partial charge is 0.0769 e. The Balaban J connectivity index is 1.90. The Morgan fingerprint density at radius 1 is 1.09 bits per heavy atom.